The molecule has 3 aromatic rings. The Bertz CT molecular complexity index is 743. The summed E-state index contributed by atoms with van der Waals surface area (Å²) in [6.07, 6.45) is 3.48. The first kappa shape index (κ1) is 12.0. The number of benzene rings is 2. The molecule has 94 valence electrons. The van der Waals surface area contributed by atoms with Gasteiger partial charge in [-0.1, -0.05) is 17.8 Å². The Hall–Kier alpha value is -2.07. The molecule has 0 bridgehead atoms. The Kier molecular flexibility index (Phi) is 3.09. The number of rotatable bonds is 2. The van der Waals surface area contributed by atoms with Crippen LogP contribution in [0.1, 0.15) is 0 Å². The van der Waals surface area contributed by atoms with Gasteiger partial charge in [0.05, 0.1) is 0 Å². The van der Waals surface area contributed by atoms with Gasteiger partial charge in [-0.2, -0.15) is 0 Å². The van der Waals surface area contributed by atoms with E-state index in [1.165, 1.54) is 23.9 Å². The van der Waals surface area contributed by atoms with E-state index in [9.17, 15) is 4.39 Å². The predicted molar refractivity (Wildman–Crippen MR) is 76.7 cm³/mol. The lowest BCUT2D eigenvalue weighted by atomic mass is 10.1. The van der Waals surface area contributed by atoms with E-state index < -0.39 is 0 Å². The van der Waals surface area contributed by atoms with Crippen LogP contribution in [0.4, 0.5) is 10.1 Å². The maximum absolute atomic E-state index is 13.2. The minimum atomic E-state index is -0.230. The first-order chi connectivity index (χ1) is 9.24. The fourth-order valence-electron chi connectivity index (χ4n) is 1.93. The molecule has 0 amide bonds. The molecular formula is C15H11FN2S. The van der Waals surface area contributed by atoms with E-state index in [2.05, 4.69) is 4.98 Å². The summed E-state index contributed by atoms with van der Waals surface area (Å²) in [6.45, 7) is 0. The van der Waals surface area contributed by atoms with Gasteiger partial charge < -0.3 is 5.73 Å². The molecule has 2 aromatic carbocycles. The monoisotopic (exact) mass is 270 g/mol. The number of fused-ring (bicyclic) bond motifs is 1. The molecule has 0 aliphatic carbocycles. The fraction of sp³-hybridized carbons (Fsp3) is 0. The molecule has 0 fully saturated rings. The fourth-order valence-corrected chi connectivity index (χ4v) is 2.93. The molecule has 0 aliphatic heterocycles. The Morgan fingerprint density at radius 2 is 1.95 bits per heavy atom. The molecule has 2 N–H and O–H groups in total. The van der Waals surface area contributed by atoms with Gasteiger partial charge in [0.1, 0.15) is 5.82 Å². The average Bonchev–Trinajstić information content (AvgIpc) is 2.42. The summed E-state index contributed by atoms with van der Waals surface area (Å²) in [7, 11) is 0. The van der Waals surface area contributed by atoms with Crippen LogP contribution in [0.2, 0.25) is 0 Å². The molecule has 0 unspecified atom stereocenters. The van der Waals surface area contributed by atoms with Crippen LogP contribution in [0.25, 0.3) is 10.8 Å². The van der Waals surface area contributed by atoms with E-state index in [1.54, 1.807) is 18.5 Å². The van der Waals surface area contributed by atoms with Gasteiger partial charge in [0.15, 0.2) is 0 Å². The molecule has 0 spiro atoms. The number of hydrogen-bond acceptors (Lipinski definition) is 3. The molecule has 1 heterocycles. The van der Waals surface area contributed by atoms with Crippen molar-refractivity contribution < 1.29 is 4.39 Å². The second-order valence-corrected chi connectivity index (χ2v) is 5.25. The first-order valence-electron chi connectivity index (χ1n) is 5.80. The Balaban J connectivity index is 2.09. The van der Waals surface area contributed by atoms with Crippen molar-refractivity contribution >= 4 is 28.2 Å². The van der Waals surface area contributed by atoms with Crippen LogP contribution < -0.4 is 5.73 Å². The summed E-state index contributed by atoms with van der Waals surface area (Å²) in [5, 5.41) is 1.95. The third-order valence-corrected chi connectivity index (χ3v) is 3.90. The lowest BCUT2D eigenvalue weighted by molar-refractivity contribution is 0.624. The average molecular weight is 270 g/mol. The quantitative estimate of drug-likeness (QED) is 0.712. The highest BCUT2D eigenvalue weighted by Crippen LogP contribution is 2.35. The van der Waals surface area contributed by atoms with Crippen LogP contribution in [0, 0.1) is 5.82 Å². The topological polar surface area (TPSA) is 38.9 Å². The van der Waals surface area contributed by atoms with Crippen molar-refractivity contribution in [3.63, 3.8) is 0 Å². The summed E-state index contributed by atoms with van der Waals surface area (Å²) >= 11 is 1.52. The number of nitrogens with zero attached hydrogens (tertiary/aromatic N) is 1. The summed E-state index contributed by atoms with van der Waals surface area (Å²) in [4.78, 5) is 5.99. The zero-order chi connectivity index (χ0) is 13.2. The maximum atomic E-state index is 13.2. The van der Waals surface area contributed by atoms with E-state index in [4.69, 9.17) is 5.73 Å². The standard InChI is InChI=1S/C15H11FN2S/c16-10-2-1-3-11(8-10)19-15-5-4-14(17)13-9-18-7-6-12(13)15/h1-9H,17H2. The van der Waals surface area contributed by atoms with Crippen molar-refractivity contribution in [1.29, 1.82) is 0 Å². The number of nitrogens with two attached hydrogens (primary N) is 1. The zero-order valence-electron chi connectivity index (χ0n) is 10.0. The highest BCUT2D eigenvalue weighted by atomic mass is 32.2. The summed E-state index contributed by atoms with van der Waals surface area (Å²) in [5.74, 6) is -0.230. The van der Waals surface area contributed by atoms with Crippen molar-refractivity contribution in [3.05, 3.63) is 60.7 Å². The Morgan fingerprint density at radius 3 is 2.79 bits per heavy atom. The molecule has 0 saturated carbocycles. The van der Waals surface area contributed by atoms with Crippen LogP contribution in [0.5, 0.6) is 0 Å². The minimum Gasteiger partial charge on any atom is -0.398 e. The third kappa shape index (κ3) is 2.39. The zero-order valence-corrected chi connectivity index (χ0v) is 10.8. The van der Waals surface area contributed by atoms with Gasteiger partial charge in [-0.25, -0.2) is 4.39 Å². The SMILES string of the molecule is Nc1ccc(Sc2cccc(F)c2)c2ccncc12. The predicted octanol–water partition coefficient (Wildman–Crippen LogP) is 4.11. The van der Waals surface area contributed by atoms with Gasteiger partial charge in [-0.05, 0) is 36.4 Å². The first-order valence-corrected chi connectivity index (χ1v) is 6.61. The molecule has 0 saturated heterocycles. The maximum Gasteiger partial charge on any atom is 0.124 e. The molecule has 1 aromatic heterocycles. The van der Waals surface area contributed by atoms with Crippen molar-refractivity contribution in [2.75, 3.05) is 5.73 Å². The van der Waals surface area contributed by atoms with Crippen molar-refractivity contribution in [2.45, 2.75) is 9.79 Å². The van der Waals surface area contributed by atoms with E-state index in [0.717, 1.165) is 20.6 Å². The number of anilines is 1. The van der Waals surface area contributed by atoms with Crippen molar-refractivity contribution in [1.82, 2.24) is 4.98 Å². The van der Waals surface area contributed by atoms with Crippen LogP contribution >= 0.6 is 11.8 Å². The third-order valence-electron chi connectivity index (χ3n) is 2.84. The lowest BCUT2D eigenvalue weighted by Gasteiger charge is -2.08. The number of halogens is 1. The number of hydrogen-bond donors (Lipinski definition) is 1. The highest BCUT2D eigenvalue weighted by molar-refractivity contribution is 7.99. The molecule has 3 rings (SSSR count). The van der Waals surface area contributed by atoms with Crippen molar-refractivity contribution in [3.8, 4) is 0 Å². The molecule has 0 aliphatic rings. The van der Waals surface area contributed by atoms with E-state index >= 15 is 0 Å². The van der Waals surface area contributed by atoms with Crippen LogP contribution in [0.15, 0.2) is 64.6 Å². The summed E-state index contributed by atoms with van der Waals surface area (Å²) < 4.78 is 13.2. The largest absolute Gasteiger partial charge is 0.398 e. The molecule has 0 radical (unpaired) electrons. The van der Waals surface area contributed by atoms with Gasteiger partial charge in [0.2, 0.25) is 0 Å². The molecule has 4 heteroatoms. The second-order valence-electron chi connectivity index (χ2n) is 4.13. The van der Waals surface area contributed by atoms with Crippen molar-refractivity contribution in [2.24, 2.45) is 0 Å². The molecule has 2 nitrogen and oxygen atoms in total. The second kappa shape index (κ2) is 4.90. The van der Waals surface area contributed by atoms with Gasteiger partial charge >= 0.3 is 0 Å². The Morgan fingerprint density at radius 1 is 1.05 bits per heavy atom. The number of aromatic nitrogens is 1. The van der Waals surface area contributed by atoms with Gasteiger partial charge in [-0.3, -0.25) is 4.98 Å². The summed E-state index contributed by atoms with van der Waals surface area (Å²) in [6, 6.07) is 12.3. The smallest absolute Gasteiger partial charge is 0.124 e. The molecular weight excluding hydrogens is 259 g/mol. The van der Waals surface area contributed by atoms with Crippen LogP contribution in [-0.2, 0) is 0 Å². The number of pyridine rings is 1. The number of nitrogen functional groups attached to an aromatic ring is 1. The Labute approximate surface area is 114 Å². The molecule has 19 heavy (non-hydrogen) atoms. The lowest BCUT2D eigenvalue weighted by Crippen LogP contribution is -1.89. The normalized spacial score (nSPS) is 10.8. The molecule has 0 atom stereocenters. The van der Waals surface area contributed by atoms with E-state index in [1.807, 2.05) is 24.3 Å². The van der Waals surface area contributed by atoms with Gasteiger partial charge in [-0.15, -0.1) is 0 Å². The minimum absolute atomic E-state index is 0.230. The summed E-state index contributed by atoms with van der Waals surface area (Å²) in [5.41, 5.74) is 6.63. The van der Waals surface area contributed by atoms with Gasteiger partial charge in [0, 0.05) is 38.6 Å². The van der Waals surface area contributed by atoms with E-state index in [-0.39, 0.29) is 5.82 Å². The van der Waals surface area contributed by atoms with Crippen LogP contribution in [0.3, 0.4) is 0 Å². The van der Waals surface area contributed by atoms with Crippen LogP contribution in [-0.4, -0.2) is 4.98 Å². The van der Waals surface area contributed by atoms with Gasteiger partial charge in [0.25, 0.3) is 0 Å². The highest BCUT2D eigenvalue weighted by Gasteiger charge is 2.06. The van der Waals surface area contributed by atoms with E-state index in [0.29, 0.717) is 5.69 Å².